The largest absolute Gasteiger partial charge is 0.391 e. The monoisotopic (exact) mass is 348 g/mol. The molecule has 1 amide bonds. The van der Waals surface area contributed by atoms with Crippen LogP contribution in [0.25, 0.3) is 0 Å². The highest BCUT2D eigenvalue weighted by molar-refractivity contribution is 7.91. The first-order chi connectivity index (χ1) is 9.95. The van der Waals surface area contributed by atoms with Crippen LogP contribution in [0.3, 0.4) is 0 Å². The van der Waals surface area contributed by atoms with E-state index in [2.05, 4.69) is 10.6 Å². The van der Waals surface area contributed by atoms with Crippen LogP contribution in [0.2, 0.25) is 0 Å². The van der Waals surface area contributed by atoms with Gasteiger partial charge in [-0.15, -0.1) is 12.4 Å². The highest BCUT2D eigenvalue weighted by Gasteiger charge is 2.26. The lowest BCUT2D eigenvalue weighted by Gasteiger charge is -2.15. The summed E-state index contributed by atoms with van der Waals surface area (Å²) in [5.74, 6) is -0.534. The summed E-state index contributed by atoms with van der Waals surface area (Å²) in [5, 5.41) is 15.4. The van der Waals surface area contributed by atoms with Gasteiger partial charge < -0.3 is 15.7 Å². The molecule has 2 unspecified atom stereocenters. The maximum Gasteiger partial charge on any atom is 0.252 e. The van der Waals surface area contributed by atoms with Crippen molar-refractivity contribution in [3.63, 3.8) is 0 Å². The highest BCUT2D eigenvalue weighted by Crippen LogP contribution is 2.17. The molecule has 22 heavy (non-hydrogen) atoms. The first-order valence-corrected chi connectivity index (χ1v) is 8.59. The molecule has 2 atom stereocenters. The number of benzene rings is 1. The molecule has 1 aliphatic heterocycles. The van der Waals surface area contributed by atoms with Crippen LogP contribution < -0.4 is 10.6 Å². The normalized spacial score (nSPS) is 21.2. The lowest BCUT2D eigenvalue weighted by molar-refractivity contribution is 0.0924. The third-order valence-electron chi connectivity index (χ3n) is 3.68. The van der Waals surface area contributed by atoms with Gasteiger partial charge >= 0.3 is 0 Å². The van der Waals surface area contributed by atoms with E-state index >= 15 is 0 Å². The average Bonchev–Trinajstić information content (AvgIpc) is 2.90. The molecular formula is C14H21ClN2O4S. The van der Waals surface area contributed by atoms with Crippen molar-refractivity contribution in [3.05, 3.63) is 29.8 Å². The molecule has 1 aromatic carbocycles. The van der Waals surface area contributed by atoms with E-state index < -0.39 is 21.8 Å². The zero-order valence-corrected chi connectivity index (χ0v) is 13.9. The van der Waals surface area contributed by atoms with Crippen molar-refractivity contribution in [1.29, 1.82) is 0 Å². The summed E-state index contributed by atoms with van der Waals surface area (Å²) in [6.45, 7) is 3.01. The van der Waals surface area contributed by atoms with Gasteiger partial charge in [0.05, 0.1) is 22.3 Å². The van der Waals surface area contributed by atoms with Crippen LogP contribution in [0.5, 0.6) is 0 Å². The fourth-order valence-corrected chi connectivity index (χ4v) is 3.42. The number of sulfone groups is 1. The van der Waals surface area contributed by atoms with Crippen LogP contribution >= 0.6 is 12.4 Å². The van der Waals surface area contributed by atoms with Crippen molar-refractivity contribution in [2.45, 2.75) is 17.9 Å². The van der Waals surface area contributed by atoms with Crippen LogP contribution in [0.4, 0.5) is 0 Å². The van der Waals surface area contributed by atoms with Crippen molar-refractivity contribution in [2.75, 3.05) is 25.4 Å². The Balaban J connectivity index is 0.00000242. The quantitative estimate of drug-likeness (QED) is 0.707. The second-order valence-electron chi connectivity index (χ2n) is 5.10. The average molecular weight is 349 g/mol. The number of aliphatic hydroxyl groups is 1. The molecule has 0 radical (unpaired) electrons. The predicted octanol–water partition coefficient (Wildman–Crippen LogP) is 0.212. The summed E-state index contributed by atoms with van der Waals surface area (Å²) in [7, 11) is -3.44. The number of hydrogen-bond acceptors (Lipinski definition) is 5. The first kappa shape index (κ1) is 18.9. The van der Waals surface area contributed by atoms with Crippen molar-refractivity contribution in [2.24, 2.45) is 5.92 Å². The van der Waals surface area contributed by atoms with Crippen LogP contribution in [-0.2, 0) is 9.84 Å². The fourth-order valence-electron chi connectivity index (χ4n) is 2.33. The molecule has 0 aromatic heterocycles. The molecule has 8 heteroatoms. The Hall–Kier alpha value is -1.15. The van der Waals surface area contributed by atoms with Crippen molar-refractivity contribution in [1.82, 2.24) is 10.6 Å². The first-order valence-electron chi connectivity index (χ1n) is 6.94. The van der Waals surface area contributed by atoms with Gasteiger partial charge in [0.2, 0.25) is 0 Å². The van der Waals surface area contributed by atoms with E-state index in [4.69, 9.17) is 0 Å². The second kappa shape index (κ2) is 7.92. The summed E-state index contributed by atoms with van der Waals surface area (Å²) < 4.78 is 24.0. The number of hydrogen-bond donors (Lipinski definition) is 3. The van der Waals surface area contributed by atoms with Gasteiger partial charge in [0.15, 0.2) is 9.84 Å². The van der Waals surface area contributed by atoms with E-state index in [0.717, 1.165) is 0 Å². The Labute approximate surface area is 136 Å². The molecule has 6 nitrogen and oxygen atoms in total. The Morgan fingerprint density at radius 1 is 1.36 bits per heavy atom. The van der Waals surface area contributed by atoms with Crippen LogP contribution in [-0.4, -0.2) is 50.9 Å². The number of amides is 1. The Kier molecular flexibility index (Phi) is 6.80. The Morgan fingerprint density at radius 3 is 2.64 bits per heavy atom. The molecule has 1 saturated heterocycles. The minimum Gasteiger partial charge on any atom is -0.391 e. The van der Waals surface area contributed by atoms with Gasteiger partial charge in [0.1, 0.15) is 0 Å². The lowest BCUT2D eigenvalue weighted by atomic mass is 10.1. The third-order valence-corrected chi connectivity index (χ3v) is 5.46. The van der Waals surface area contributed by atoms with Gasteiger partial charge in [0.25, 0.3) is 5.91 Å². The van der Waals surface area contributed by atoms with Gasteiger partial charge in [-0.2, -0.15) is 0 Å². The van der Waals surface area contributed by atoms with Crippen molar-refractivity contribution in [3.8, 4) is 0 Å². The van der Waals surface area contributed by atoms with Crippen LogP contribution in [0, 0.1) is 5.92 Å². The number of carbonyl (C=O) groups excluding carboxylic acids is 1. The van der Waals surface area contributed by atoms with Crippen LogP contribution in [0.1, 0.15) is 17.3 Å². The third kappa shape index (κ3) is 4.19. The number of rotatable bonds is 5. The number of β-amino-alcohol motifs (C(OH)–C–C–N with tert-alkyl or cyclic N) is 1. The van der Waals surface area contributed by atoms with Crippen molar-refractivity contribution < 1.29 is 18.3 Å². The Bertz CT molecular complexity index is 621. The molecule has 0 saturated carbocycles. The number of aliphatic hydroxyl groups excluding tert-OH is 1. The smallest absolute Gasteiger partial charge is 0.252 e. The predicted molar refractivity (Wildman–Crippen MR) is 86.1 cm³/mol. The van der Waals surface area contributed by atoms with E-state index in [9.17, 15) is 18.3 Å². The molecule has 1 fully saturated rings. The number of halogens is 1. The summed E-state index contributed by atoms with van der Waals surface area (Å²) in [6, 6.07) is 6.18. The zero-order chi connectivity index (χ0) is 15.5. The van der Waals surface area contributed by atoms with Gasteiger partial charge in [0, 0.05) is 25.6 Å². The molecule has 3 N–H and O–H groups in total. The molecule has 1 aliphatic rings. The standard InChI is InChI=1S/C14H20N2O4S.ClH/c1-2-21(19,20)13-6-4-3-5-11(13)14(18)16-8-10-7-15-9-12(10)17;/h3-6,10,12,15,17H,2,7-9H2,1H3,(H,16,18);1H. The number of carbonyl (C=O) groups is 1. The summed E-state index contributed by atoms with van der Waals surface area (Å²) in [6.07, 6.45) is -0.486. The Morgan fingerprint density at radius 2 is 2.05 bits per heavy atom. The van der Waals surface area contributed by atoms with Gasteiger partial charge in [-0.1, -0.05) is 19.1 Å². The lowest BCUT2D eigenvalue weighted by Crippen LogP contribution is -2.35. The van der Waals surface area contributed by atoms with Gasteiger partial charge in [-0.05, 0) is 12.1 Å². The van der Waals surface area contributed by atoms with Gasteiger partial charge in [-0.25, -0.2) is 8.42 Å². The molecule has 1 aromatic rings. The molecule has 1 heterocycles. The minimum atomic E-state index is -3.44. The fraction of sp³-hybridized carbons (Fsp3) is 0.500. The van der Waals surface area contributed by atoms with E-state index in [1.54, 1.807) is 19.1 Å². The zero-order valence-electron chi connectivity index (χ0n) is 12.3. The van der Waals surface area contributed by atoms with E-state index in [0.29, 0.717) is 19.6 Å². The van der Waals surface area contributed by atoms with E-state index in [1.807, 2.05) is 0 Å². The molecule has 0 aliphatic carbocycles. The van der Waals surface area contributed by atoms with Crippen LogP contribution in [0.15, 0.2) is 29.2 Å². The molecule has 124 valence electrons. The highest BCUT2D eigenvalue weighted by atomic mass is 35.5. The van der Waals surface area contributed by atoms with E-state index in [-0.39, 0.29) is 34.5 Å². The molecule has 0 spiro atoms. The minimum absolute atomic E-state index is 0. The topological polar surface area (TPSA) is 95.5 Å². The van der Waals surface area contributed by atoms with Crippen molar-refractivity contribution >= 4 is 28.2 Å². The number of nitrogens with one attached hydrogen (secondary N) is 2. The summed E-state index contributed by atoms with van der Waals surface area (Å²) >= 11 is 0. The molecule has 2 rings (SSSR count). The molecule has 0 bridgehead atoms. The SMILES string of the molecule is CCS(=O)(=O)c1ccccc1C(=O)NCC1CNCC1O.Cl. The summed E-state index contributed by atoms with van der Waals surface area (Å²) in [4.78, 5) is 12.3. The maximum absolute atomic E-state index is 12.2. The molecular weight excluding hydrogens is 328 g/mol. The maximum atomic E-state index is 12.2. The van der Waals surface area contributed by atoms with E-state index in [1.165, 1.54) is 12.1 Å². The van der Waals surface area contributed by atoms with Gasteiger partial charge in [-0.3, -0.25) is 4.79 Å². The summed E-state index contributed by atoms with van der Waals surface area (Å²) in [5.41, 5.74) is 0.153. The second-order valence-corrected chi connectivity index (χ2v) is 7.34.